The van der Waals surface area contributed by atoms with E-state index in [4.69, 9.17) is 10.5 Å². The normalized spacial score (nSPS) is 3.00. The van der Waals surface area contributed by atoms with Gasteiger partial charge < -0.3 is 10.5 Å². The Bertz CT molecular complexity index is 15.5. The van der Waals surface area contributed by atoms with E-state index in [9.17, 15) is 0 Å². The third-order valence-corrected chi connectivity index (χ3v) is 0. The van der Waals surface area contributed by atoms with E-state index >= 15 is 0 Å². The molecular formula is CH2CuNO. The number of rotatable bonds is 0. The van der Waals surface area contributed by atoms with Crippen molar-refractivity contribution >= 4 is 6.41 Å². The summed E-state index contributed by atoms with van der Waals surface area (Å²) >= 11 is 0. The van der Waals surface area contributed by atoms with Crippen molar-refractivity contribution in [2.24, 2.45) is 0 Å². The molecule has 28 valence electrons. The number of hydrogen-bond donors (Lipinski definition) is 0. The first-order valence-electron chi connectivity index (χ1n) is 0.524. The molecule has 0 saturated heterocycles. The number of nitrogens with one attached hydrogen (secondary N) is 1. The fourth-order valence-electron chi connectivity index (χ4n) is 0. The molecule has 0 aromatic rings. The first kappa shape index (κ1) is 9.01. The predicted octanol–water partition coefficient (Wildman–Crippen LogP) is 0.193. The van der Waals surface area contributed by atoms with Crippen LogP contribution in [-0.2, 0) is 21.9 Å². The maximum atomic E-state index is 8.47. The summed E-state index contributed by atoms with van der Waals surface area (Å²) in [5.41, 5.74) is 5.53. The minimum atomic E-state index is 0. The SMILES string of the molecule is [Cu+].[NH-]C=O. The molecule has 1 amide bonds. The molecule has 0 aliphatic carbocycles. The van der Waals surface area contributed by atoms with Crippen molar-refractivity contribution in [2.75, 3.05) is 0 Å². The summed E-state index contributed by atoms with van der Waals surface area (Å²) in [7, 11) is 0. The maximum Gasteiger partial charge on any atom is 1.00 e. The average Bonchev–Trinajstić information content (AvgIpc) is 0.918. The number of hydrogen-bond acceptors (Lipinski definition) is 1. The van der Waals surface area contributed by atoms with Crippen LogP contribution in [-0.4, -0.2) is 6.41 Å². The molecule has 0 rings (SSSR count). The predicted molar refractivity (Wildman–Crippen MR) is 10.4 cm³/mol. The minimum absolute atomic E-state index is 0. The average molecular weight is 108 g/mol. The van der Waals surface area contributed by atoms with Gasteiger partial charge in [0.1, 0.15) is 0 Å². The van der Waals surface area contributed by atoms with Crippen molar-refractivity contribution < 1.29 is 21.9 Å². The molecule has 0 spiro atoms. The summed E-state index contributed by atoms with van der Waals surface area (Å²) < 4.78 is 0. The van der Waals surface area contributed by atoms with Crippen LogP contribution in [0.5, 0.6) is 0 Å². The van der Waals surface area contributed by atoms with E-state index in [2.05, 4.69) is 0 Å². The van der Waals surface area contributed by atoms with E-state index in [1.807, 2.05) is 0 Å². The van der Waals surface area contributed by atoms with Crippen molar-refractivity contribution in [3.8, 4) is 0 Å². The van der Waals surface area contributed by atoms with Gasteiger partial charge in [0.2, 0.25) is 0 Å². The van der Waals surface area contributed by atoms with Crippen LogP contribution in [0.25, 0.3) is 5.73 Å². The van der Waals surface area contributed by atoms with Crippen molar-refractivity contribution in [3.63, 3.8) is 0 Å². The summed E-state index contributed by atoms with van der Waals surface area (Å²) in [5.74, 6) is 0. The molecule has 0 aromatic carbocycles. The Morgan fingerprint density at radius 1 is 1.75 bits per heavy atom. The zero-order valence-electron chi connectivity index (χ0n) is 1.79. The van der Waals surface area contributed by atoms with E-state index in [0.29, 0.717) is 0 Å². The van der Waals surface area contributed by atoms with Gasteiger partial charge in [0.15, 0.2) is 0 Å². The van der Waals surface area contributed by atoms with Crippen molar-refractivity contribution in [1.29, 1.82) is 0 Å². The summed E-state index contributed by atoms with van der Waals surface area (Å²) in [6.45, 7) is 0. The fraction of sp³-hybridized carbons (Fsp3) is 0. The molecule has 0 aliphatic heterocycles. The molecule has 0 bridgehead atoms. The standard InChI is InChI=1S/CH3NO.Cu/c2-1-3;/h1H,(H2,2,3);/q;+1/p-1. The topological polar surface area (TPSA) is 40.9 Å². The Morgan fingerprint density at radius 2 is 1.75 bits per heavy atom. The van der Waals surface area contributed by atoms with E-state index in [1.54, 1.807) is 0 Å². The molecule has 4 heavy (non-hydrogen) atoms. The van der Waals surface area contributed by atoms with Gasteiger partial charge in [0.05, 0.1) is 0 Å². The number of carbonyl (C=O) groups excluding carboxylic acids is 1. The molecule has 2 nitrogen and oxygen atoms in total. The van der Waals surface area contributed by atoms with Gasteiger partial charge in [-0.2, -0.15) is 0 Å². The second-order valence-electron chi connectivity index (χ2n) is 0.118. The Balaban J connectivity index is 0. The molecule has 0 atom stereocenters. The van der Waals surface area contributed by atoms with Gasteiger partial charge in [-0.05, 0) is 0 Å². The quantitative estimate of drug-likeness (QED) is 0.322. The Hall–Kier alpha value is -0.0105. The van der Waals surface area contributed by atoms with E-state index in [0.717, 1.165) is 0 Å². The largest absolute Gasteiger partial charge is 1.00 e. The van der Waals surface area contributed by atoms with Crippen LogP contribution in [0.15, 0.2) is 0 Å². The van der Waals surface area contributed by atoms with Crippen LogP contribution in [0.2, 0.25) is 0 Å². The first-order valence-corrected chi connectivity index (χ1v) is 0.524. The zero-order valence-corrected chi connectivity index (χ0v) is 2.73. The molecule has 3 heteroatoms. The smallest absolute Gasteiger partial charge is 0.671 e. The summed E-state index contributed by atoms with van der Waals surface area (Å²) in [6.07, 6.45) is 0. The first-order chi connectivity index (χ1) is 1.41. The van der Waals surface area contributed by atoms with Gasteiger partial charge in [0, 0.05) is 6.41 Å². The molecule has 1 N–H and O–H groups in total. The second kappa shape index (κ2) is 12.1. The van der Waals surface area contributed by atoms with Gasteiger partial charge in [-0.25, -0.2) is 0 Å². The van der Waals surface area contributed by atoms with Crippen LogP contribution in [0.4, 0.5) is 0 Å². The fourth-order valence-corrected chi connectivity index (χ4v) is 0. The molecular weight excluding hydrogens is 106 g/mol. The Labute approximate surface area is 34.8 Å². The van der Waals surface area contributed by atoms with Crippen molar-refractivity contribution in [3.05, 3.63) is 5.73 Å². The molecule has 0 unspecified atom stereocenters. The number of carbonyl (C=O) groups is 1. The maximum absolute atomic E-state index is 8.47. The number of amides is 1. The van der Waals surface area contributed by atoms with Crippen LogP contribution < -0.4 is 0 Å². The van der Waals surface area contributed by atoms with Gasteiger partial charge >= 0.3 is 17.1 Å². The van der Waals surface area contributed by atoms with Crippen molar-refractivity contribution in [1.82, 2.24) is 0 Å². The monoisotopic (exact) mass is 107 g/mol. The molecule has 0 fully saturated rings. The van der Waals surface area contributed by atoms with Gasteiger partial charge in [-0.15, -0.1) is 0 Å². The third kappa shape index (κ3) is 17600. The van der Waals surface area contributed by atoms with Crippen LogP contribution >= 0.6 is 0 Å². The van der Waals surface area contributed by atoms with Crippen molar-refractivity contribution in [2.45, 2.75) is 0 Å². The van der Waals surface area contributed by atoms with Gasteiger partial charge in [0.25, 0.3) is 0 Å². The van der Waals surface area contributed by atoms with Gasteiger partial charge in [-0.3, -0.25) is 0 Å². The van der Waals surface area contributed by atoms with E-state index in [1.165, 1.54) is 0 Å². The Morgan fingerprint density at radius 3 is 1.75 bits per heavy atom. The molecule has 0 aromatic heterocycles. The second-order valence-corrected chi connectivity index (χ2v) is 0.118. The third-order valence-electron chi connectivity index (χ3n) is 0. The van der Waals surface area contributed by atoms with Gasteiger partial charge in [-0.1, -0.05) is 0 Å². The van der Waals surface area contributed by atoms with Crippen LogP contribution in [0.3, 0.4) is 0 Å². The van der Waals surface area contributed by atoms with Crippen LogP contribution in [0.1, 0.15) is 0 Å². The molecule has 0 heterocycles. The zero-order chi connectivity index (χ0) is 2.71. The molecule has 0 saturated carbocycles. The molecule has 0 radical (unpaired) electrons. The van der Waals surface area contributed by atoms with Crippen LogP contribution in [0, 0.1) is 0 Å². The van der Waals surface area contributed by atoms with E-state index in [-0.39, 0.29) is 23.5 Å². The summed E-state index contributed by atoms with van der Waals surface area (Å²) in [4.78, 5) is 8.47. The summed E-state index contributed by atoms with van der Waals surface area (Å²) in [6, 6.07) is 0. The summed E-state index contributed by atoms with van der Waals surface area (Å²) in [5, 5.41) is 0. The van der Waals surface area contributed by atoms with E-state index < -0.39 is 0 Å². The molecule has 0 aliphatic rings. The Kier molecular flexibility index (Phi) is 27.2. The minimum Gasteiger partial charge on any atom is -0.671 e.